The first-order valence-corrected chi connectivity index (χ1v) is 5.70. The number of alkyl halides is 4. The van der Waals surface area contributed by atoms with E-state index >= 15 is 0 Å². The van der Waals surface area contributed by atoms with E-state index in [4.69, 9.17) is 0 Å². The molecule has 106 valence electrons. The molecule has 0 unspecified atom stereocenters. The van der Waals surface area contributed by atoms with Gasteiger partial charge in [0.05, 0.1) is 5.52 Å². The van der Waals surface area contributed by atoms with Gasteiger partial charge in [0.25, 0.3) is 5.91 Å². The maximum Gasteiger partial charge on any atom is 0.383 e. The predicted molar refractivity (Wildman–Crippen MR) is 64.5 cm³/mol. The molecule has 20 heavy (non-hydrogen) atoms. The minimum Gasteiger partial charge on any atom is -0.347 e. The molecule has 0 fully saturated rings. The topological polar surface area (TPSA) is 42.0 Å². The van der Waals surface area contributed by atoms with Crippen molar-refractivity contribution in [2.45, 2.75) is 18.9 Å². The molecule has 0 aliphatic rings. The number of nitrogens with one attached hydrogen (secondary N) is 1. The molecule has 3 nitrogen and oxygen atoms in total. The largest absolute Gasteiger partial charge is 0.383 e. The Balaban J connectivity index is 2.16. The summed E-state index contributed by atoms with van der Waals surface area (Å²) in [6.45, 7) is -0.296. The van der Waals surface area contributed by atoms with Gasteiger partial charge in [0.2, 0.25) is 0 Å². The highest BCUT2D eigenvalue weighted by Crippen LogP contribution is 2.23. The van der Waals surface area contributed by atoms with Gasteiger partial charge in [0, 0.05) is 18.1 Å². The van der Waals surface area contributed by atoms with Crippen LogP contribution in [0.2, 0.25) is 0 Å². The number of rotatable bonds is 4. The smallest absolute Gasteiger partial charge is 0.347 e. The van der Waals surface area contributed by atoms with E-state index in [1.807, 2.05) is 0 Å². The van der Waals surface area contributed by atoms with E-state index in [9.17, 15) is 22.4 Å². The highest BCUT2D eigenvalue weighted by molar-refractivity contribution is 5.85. The molecule has 7 heteroatoms. The number of halogens is 4. The molecule has 2 rings (SSSR count). The van der Waals surface area contributed by atoms with E-state index in [0.29, 0.717) is 11.1 Å². The number of benzene rings is 1. The second-order valence-corrected chi connectivity index (χ2v) is 4.10. The number of amides is 1. The monoisotopic (exact) mass is 286 g/mol. The summed E-state index contributed by atoms with van der Waals surface area (Å²) in [5, 5.41) is 2.57. The summed E-state index contributed by atoms with van der Waals surface area (Å²) in [5.74, 6) is -6.70. The number of fused-ring (bicyclic) bond motifs is 1. The summed E-state index contributed by atoms with van der Waals surface area (Å²) in [4.78, 5) is 15.1. The molecular formula is C13H10F4N2O. The molecule has 0 aliphatic heterocycles. The number of hydrogen-bond acceptors (Lipinski definition) is 2. The lowest BCUT2D eigenvalue weighted by atomic mass is 10.1. The highest BCUT2D eigenvalue weighted by Gasteiger charge is 2.48. The van der Waals surface area contributed by atoms with Gasteiger partial charge < -0.3 is 5.32 Å². The van der Waals surface area contributed by atoms with Crippen molar-refractivity contribution < 1.29 is 22.4 Å². The molecule has 1 aromatic heterocycles. The standard InChI is InChI=1S/C13H10F4N2O/c14-11(15)13(16,17)12(20)19-7-9-4-1-3-8-5-2-6-18-10(8)9/h1-6,11H,7H2,(H,19,20). The fourth-order valence-electron chi connectivity index (χ4n) is 1.70. The maximum absolute atomic E-state index is 12.8. The number of pyridine rings is 1. The number of para-hydroxylation sites is 1. The van der Waals surface area contributed by atoms with Gasteiger partial charge in [-0.1, -0.05) is 24.3 Å². The zero-order valence-corrected chi connectivity index (χ0v) is 10.1. The molecule has 0 spiro atoms. The van der Waals surface area contributed by atoms with Gasteiger partial charge in [-0.25, -0.2) is 8.78 Å². The van der Waals surface area contributed by atoms with E-state index in [2.05, 4.69) is 4.98 Å². The van der Waals surface area contributed by atoms with Crippen LogP contribution in [0, 0.1) is 0 Å². The molecule has 0 radical (unpaired) electrons. The molecule has 1 aromatic carbocycles. The summed E-state index contributed by atoms with van der Waals surface area (Å²) >= 11 is 0. The van der Waals surface area contributed by atoms with Crippen LogP contribution in [0.1, 0.15) is 5.56 Å². The van der Waals surface area contributed by atoms with Crippen LogP contribution in [0.15, 0.2) is 36.5 Å². The number of carbonyl (C=O) groups is 1. The van der Waals surface area contributed by atoms with E-state index in [1.165, 1.54) is 6.20 Å². The first-order chi connectivity index (χ1) is 9.43. The third kappa shape index (κ3) is 2.71. The van der Waals surface area contributed by atoms with Gasteiger partial charge in [-0.2, -0.15) is 8.78 Å². The van der Waals surface area contributed by atoms with E-state index < -0.39 is 18.3 Å². The first kappa shape index (κ1) is 14.2. The molecule has 0 aliphatic carbocycles. The number of aromatic nitrogens is 1. The van der Waals surface area contributed by atoms with Crippen LogP contribution >= 0.6 is 0 Å². The van der Waals surface area contributed by atoms with Crippen molar-refractivity contribution in [2.24, 2.45) is 0 Å². The molecule has 1 N–H and O–H groups in total. The Kier molecular flexibility index (Phi) is 3.87. The average Bonchev–Trinajstić information content (AvgIpc) is 2.44. The maximum atomic E-state index is 12.8. The van der Waals surface area contributed by atoms with Gasteiger partial charge >= 0.3 is 12.3 Å². The van der Waals surface area contributed by atoms with Gasteiger partial charge in [0.15, 0.2) is 0 Å². The molecule has 0 atom stereocenters. The lowest BCUT2D eigenvalue weighted by molar-refractivity contribution is -0.169. The number of carbonyl (C=O) groups excluding carboxylic acids is 1. The minimum atomic E-state index is -4.70. The Morgan fingerprint density at radius 1 is 1.25 bits per heavy atom. The fraction of sp³-hybridized carbons (Fsp3) is 0.231. The summed E-state index contributed by atoms with van der Waals surface area (Å²) < 4.78 is 49.6. The average molecular weight is 286 g/mol. The quantitative estimate of drug-likeness (QED) is 0.878. The Morgan fingerprint density at radius 2 is 1.95 bits per heavy atom. The minimum absolute atomic E-state index is 0.296. The van der Waals surface area contributed by atoms with Crippen molar-refractivity contribution >= 4 is 16.8 Å². The lowest BCUT2D eigenvalue weighted by Crippen LogP contribution is -2.44. The van der Waals surface area contributed by atoms with Crippen molar-refractivity contribution in [1.82, 2.24) is 10.3 Å². The van der Waals surface area contributed by atoms with E-state index in [1.54, 1.807) is 35.6 Å². The Morgan fingerprint density at radius 3 is 2.65 bits per heavy atom. The molecule has 0 saturated heterocycles. The molecule has 1 heterocycles. The van der Waals surface area contributed by atoms with Crippen molar-refractivity contribution in [3.8, 4) is 0 Å². The Labute approximate surface area is 111 Å². The summed E-state index contributed by atoms with van der Waals surface area (Å²) in [5.41, 5.74) is 0.997. The molecule has 0 bridgehead atoms. The summed E-state index contributed by atoms with van der Waals surface area (Å²) in [6, 6.07) is 8.48. The molecular weight excluding hydrogens is 276 g/mol. The van der Waals surface area contributed by atoms with Crippen LogP contribution in [0.5, 0.6) is 0 Å². The fourth-order valence-corrected chi connectivity index (χ4v) is 1.70. The summed E-state index contributed by atoms with van der Waals surface area (Å²) in [7, 11) is 0. The molecule has 1 amide bonds. The zero-order chi connectivity index (χ0) is 14.8. The van der Waals surface area contributed by atoms with Crippen molar-refractivity contribution in [1.29, 1.82) is 0 Å². The third-order valence-corrected chi connectivity index (χ3v) is 2.73. The van der Waals surface area contributed by atoms with Gasteiger partial charge in [-0.3, -0.25) is 9.78 Å². The zero-order valence-electron chi connectivity index (χ0n) is 10.1. The van der Waals surface area contributed by atoms with Crippen LogP contribution in [0.3, 0.4) is 0 Å². The Hall–Kier alpha value is -2.18. The van der Waals surface area contributed by atoms with Crippen LogP contribution in [0.4, 0.5) is 17.6 Å². The van der Waals surface area contributed by atoms with Crippen LogP contribution in [-0.4, -0.2) is 23.2 Å². The molecule has 0 saturated carbocycles. The SMILES string of the molecule is O=C(NCc1cccc2cccnc12)C(F)(F)C(F)F. The lowest BCUT2D eigenvalue weighted by Gasteiger charge is -2.15. The predicted octanol–water partition coefficient (Wildman–Crippen LogP) is 2.75. The normalized spacial score (nSPS) is 11.8. The Bertz CT molecular complexity index is 625. The van der Waals surface area contributed by atoms with Gasteiger partial charge in [-0.15, -0.1) is 0 Å². The molecule has 2 aromatic rings. The van der Waals surface area contributed by atoms with Crippen LogP contribution < -0.4 is 5.32 Å². The number of hydrogen-bond donors (Lipinski definition) is 1. The third-order valence-electron chi connectivity index (χ3n) is 2.73. The highest BCUT2D eigenvalue weighted by atomic mass is 19.3. The van der Waals surface area contributed by atoms with E-state index in [-0.39, 0.29) is 6.54 Å². The van der Waals surface area contributed by atoms with Crippen molar-refractivity contribution in [3.05, 3.63) is 42.1 Å². The first-order valence-electron chi connectivity index (χ1n) is 5.70. The summed E-state index contributed by atoms with van der Waals surface area (Å²) in [6.07, 6.45) is -2.52. The van der Waals surface area contributed by atoms with Gasteiger partial charge in [0.1, 0.15) is 0 Å². The van der Waals surface area contributed by atoms with Crippen molar-refractivity contribution in [2.75, 3.05) is 0 Å². The second kappa shape index (κ2) is 5.44. The second-order valence-electron chi connectivity index (χ2n) is 4.10. The van der Waals surface area contributed by atoms with Crippen LogP contribution in [0.25, 0.3) is 10.9 Å². The van der Waals surface area contributed by atoms with Crippen molar-refractivity contribution in [3.63, 3.8) is 0 Å². The number of nitrogens with zero attached hydrogens (tertiary/aromatic N) is 1. The van der Waals surface area contributed by atoms with Gasteiger partial charge in [-0.05, 0) is 11.6 Å². The van der Waals surface area contributed by atoms with E-state index in [0.717, 1.165) is 5.39 Å². The van der Waals surface area contributed by atoms with Crippen LogP contribution in [-0.2, 0) is 11.3 Å².